The van der Waals surface area contributed by atoms with Gasteiger partial charge in [0.25, 0.3) is 0 Å². The zero-order valence-electron chi connectivity index (χ0n) is 13.6. The molecule has 0 fully saturated rings. The van der Waals surface area contributed by atoms with Gasteiger partial charge < -0.3 is 20.3 Å². The van der Waals surface area contributed by atoms with Gasteiger partial charge in [-0.3, -0.25) is 0 Å². The first-order chi connectivity index (χ1) is 10.6. The van der Waals surface area contributed by atoms with Crippen molar-refractivity contribution in [2.24, 2.45) is 5.41 Å². The molecular formula is C15H27N5O2. The molecule has 7 heteroatoms. The lowest BCUT2D eigenvalue weighted by Gasteiger charge is -2.31. The molecule has 0 aliphatic carbocycles. The monoisotopic (exact) mass is 309 g/mol. The minimum Gasteiger partial charge on any atom is -0.396 e. The fourth-order valence-corrected chi connectivity index (χ4v) is 3.01. The van der Waals surface area contributed by atoms with E-state index in [-0.39, 0.29) is 18.1 Å². The number of nitrogens with zero attached hydrogens (tertiary/aromatic N) is 3. The lowest BCUT2D eigenvalue weighted by molar-refractivity contribution is 0.163. The van der Waals surface area contributed by atoms with Crippen molar-refractivity contribution in [1.82, 2.24) is 25.4 Å². The Morgan fingerprint density at radius 2 is 2.09 bits per heavy atom. The average molecular weight is 309 g/mol. The number of aliphatic hydroxyl groups is 1. The Balaban J connectivity index is 1.80. The van der Waals surface area contributed by atoms with Crippen molar-refractivity contribution >= 4 is 6.03 Å². The van der Waals surface area contributed by atoms with Crippen LogP contribution in [0.4, 0.5) is 4.79 Å². The van der Waals surface area contributed by atoms with Gasteiger partial charge in [-0.15, -0.1) is 10.2 Å². The van der Waals surface area contributed by atoms with E-state index in [1.165, 1.54) is 0 Å². The minimum absolute atomic E-state index is 0.0256. The van der Waals surface area contributed by atoms with Crippen LogP contribution < -0.4 is 10.6 Å². The summed E-state index contributed by atoms with van der Waals surface area (Å²) in [5, 5.41) is 23.2. The maximum absolute atomic E-state index is 12.0. The first-order valence-corrected chi connectivity index (χ1v) is 8.17. The van der Waals surface area contributed by atoms with Gasteiger partial charge in [0.05, 0.1) is 6.54 Å². The number of urea groups is 1. The largest absolute Gasteiger partial charge is 0.396 e. The number of carbonyl (C=O) groups is 1. The Kier molecular flexibility index (Phi) is 5.76. The molecule has 1 aliphatic rings. The number of aryl methyl sites for hydroxylation is 1. The molecule has 0 atom stereocenters. The highest BCUT2D eigenvalue weighted by Gasteiger charge is 2.26. The fourth-order valence-electron chi connectivity index (χ4n) is 3.01. The molecule has 124 valence electrons. The molecule has 0 bridgehead atoms. The van der Waals surface area contributed by atoms with E-state index in [4.69, 9.17) is 0 Å². The maximum atomic E-state index is 12.0. The molecule has 0 radical (unpaired) electrons. The molecule has 1 aliphatic heterocycles. The molecule has 2 rings (SSSR count). The molecule has 3 N–H and O–H groups in total. The number of amides is 2. The third kappa shape index (κ3) is 3.76. The Morgan fingerprint density at radius 3 is 2.77 bits per heavy atom. The van der Waals surface area contributed by atoms with E-state index < -0.39 is 0 Å². The zero-order valence-corrected chi connectivity index (χ0v) is 13.6. The average Bonchev–Trinajstić information content (AvgIpc) is 3.13. The minimum atomic E-state index is -0.195. The highest BCUT2D eigenvalue weighted by molar-refractivity contribution is 5.73. The van der Waals surface area contributed by atoms with E-state index in [9.17, 15) is 9.90 Å². The van der Waals surface area contributed by atoms with Crippen LogP contribution in [-0.2, 0) is 19.5 Å². The highest BCUT2D eigenvalue weighted by atomic mass is 16.3. The molecule has 2 amide bonds. The summed E-state index contributed by atoms with van der Waals surface area (Å²) in [6.07, 6.45) is 4.64. The number of fused-ring (bicyclic) bond motifs is 1. The van der Waals surface area contributed by atoms with Gasteiger partial charge in [-0.25, -0.2) is 4.79 Å². The lowest BCUT2D eigenvalue weighted by atomic mass is 9.79. The van der Waals surface area contributed by atoms with Crippen molar-refractivity contribution in [1.29, 1.82) is 0 Å². The standard InChI is InChI=1S/C15H27N5O2/c1-3-15(4-2,7-9-21)11-17-14(22)16-10-13-19-18-12-6-5-8-20(12)13/h21H,3-11H2,1-2H3,(H2,16,17,22). The summed E-state index contributed by atoms with van der Waals surface area (Å²) < 4.78 is 2.08. The fraction of sp³-hybridized carbons (Fsp3) is 0.800. The summed E-state index contributed by atoms with van der Waals surface area (Å²) in [4.78, 5) is 12.0. The Hall–Kier alpha value is -1.63. The van der Waals surface area contributed by atoms with E-state index in [1.54, 1.807) is 0 Å². The number of hydrogen-bond donors (Lipinski definition) is 3. The molecular weight excluding hydrogens is 282 g/mol. The van der Waals surface area contributed by atoms with Crippen molar-refractivity contribution in [3.8, 4) is 0 Å². The summed E-state index contributed by atoms with van der Waals surface area (Å²) in [5.41, 5.74) is -0.0256. The number of carbonyl (C=O) groups excluding carboxylic acids is 1. The number of aliphatic hydroxyl groups excluding tert-OH is 1. The van der Waals surface area contributed by atoms with E-state index in [0.29, 0.717) is 19.5 Å². The molecule has 0 aromatic carbocycles. The van der Waals surface area contributed by atoms with Crippen LogP contribution in [0.1, 0.15) is 51.2 Å². The van der Waals surface area contributed by atoms with E-state index in [0.717, 1.165) is 43.9 Å². The van der Waals surface area contributed by atoms with Crippen LogP contribution in [0.25, 0.3) is 0 Å². The van der Waals surface area contributed by atoms with Crippen LogP contribution in [0.3, 0.4) is 0 Å². The van der Waals surface area contributed by atoms with Crippen molar-refractivity contribution < 1.29 is 9.90 Å². The molecule has 1 aromatic rings. The molecule has 0 spiro atoms. The maximum Gasteiger partial charge on any atom is 0.315 e. The van der Waals surface area contributed by atoms with Crippen molar-refractivity contribution in [2.75, 3.05) is 13.2 Å². The van der Waals surface area contributed by atoms with Crippen LogP contribution in [-0.4, -0.2) is 39.1 Å². The van der Waals surface area contributed by atoms with Gasteiger partial charge in [0, 0.05) is 26.1 Å². The van der Waals surface area contributed by atoms with Gasteiger partial charge in [-0.05, 0) is 31.1 Å². The highest BCUT2D eigenvalue weighted by Crippen LogP contribution is 2.29. The molecule has 0 saturated heterocycles. The van der Waals surface area contributed by atoms with Crippen LogP contribution in [0.5, 0.6) is 0 Å². The van der Waals surface area contributed by atoms with Crippen LogP contribution in [0.15, 0.2) is 0 Å². The van der Waals surface area contributed by atoms with Crippen molar-refractivity contribution in [2.45, 2.75) is 59.0 Å². The van der Waals surface area contributed by atoms with Crippen LogP contribution in [0.2, 0.25) is 0 Å². The zero-order chi connectivity index (χ0) is 16.0. The Morgan fingerprint density at radius 1 is 1.32 bits per heavy atom. The Bertz CT molecular complexity index is 496. The molecule has 22 heavy (non-hydrogen) atoms. The SMILES string of the molecule is CCC(CC)(CCO)CNC(=O)NCc1nnc2n1CCC2. The smallest absolute Gasteiger partial charge is 0.315 e. The van der Waals surface area contributed by atoms with Gasteiger partial charge in [0.2, 0.25) is 0 Å². The first kappa shape index (κ1) is 16.7. The van der Waals surface area contributed by atoms with Crippen molar-refractivity contribution in [3.63, 3.8) is 0 Å². The summed E-state index contributed by atoms with van der Waals surface area (Å²) >= 11 is 0. The second-order valence-electron chi connectivity index (χ2n) is 6.00. The van der Waals surface area contributed by atoms with E-state index >= 15 is 0 Å². The predicted molar refractivity (Wildman–Crippen MR) is 83.3 cm³/mol. The first-order valence-electron chi connectivity index (χ1n) is 8.17. The molecule has 0 unspecified atom stereocenters. The Labute approximate surface area is 131 Å². The van der Waals surface area contributed by atoms with Crippen molar-refractivity contribution in [3.05, 3.63) is 11.6 Å². The molecule has 0 saturated carbocycles. The number of aromatic nitrogens is 3. The summed E-state index contributed by atoms with van der Waals surface area (Å²) in [6.45, 7) is 6.24. The summed E-state index contributed by atoms with van der Waals surface area (Å²) in [7, 11) is 0. The van der Waals surface area contributed by atoms with E-state index in [2.05, 4.69) is 39.2 Å². The quantitative estimate of drug-likeness (QED) is 0.673. The van der Waals surface area contributed by atoms with Gasteiger partial charge in [-0.2, -0.15) is 0 Å². The normalized spacial score (nSPS) is 14.0. The van der Waals surface area contributed by atoms with Crippen LogP contribution in [0, 0.1) is 5.41 Å². The molecule has 7 nitrogen and oxygen atoms in total. The van der Waals surface area contributed by atoms with E-state index in [1.807, 2.05) is 0 Å². The third-order valence-corrected chi connectivity index (χ3v) is 4.86. The number of hydrogen-bond acceptors (Lipinski definition) is 4. The van der Waals surface area contributed by atoms with Gasteiger partial charge in [0.15, 0.2) is 5.82 Å². The van der Waals surface area contributed by atoms with Gasteiger partial charge >= 0.3 is 6.03 Å². The van der Waals surface area contributed by atoms with Crippen LogP contribution >= 0.6 is 0 Å². The second kappa shape index (κ2) is 7.58. The predicted octanol–water partition coefficient (Wildman–Crippen LogP) is 1.21. The topological polar surface area (TPSA) is 92.1 Å². The number of rotatable bonds is 8. The summed E-state index contributed by atoms with van der Waals surface area (Å²) in [5.74, 6) is 1.83. The molecule has 1 aromatic heterocycles. The van der Waals surface area contributed by atoms with Gasteiger partial charge in [0.1, 0.15) is 5.82 Å². The molecule has 2 heterocycles. The van der Waals surface area contributed by atoms with Gasteiger partial charge in [-0.1, -0.05) is 13.8 Å². The summed E-state index contributed by atoms with van der Waals surface area (Å²) in [6, 6.07) is -0.195. The lowest BCUT2D eigenvalue weighted by Crippen LogP contribution is -2.42. The number of nitrogens with one attached hydrogen (secondary N) is 2. The second-order valence-corrected chi connectivity index (χ2v) is 6.00. The third-order valence-electron chi connectivity index (χ3n) is 4.86.